The Balaban J connectivity index is 1.55. The summed E-state index contributed by atoms with van der Waals surface area (Å²) in [5.74, 6) is 1.34. The molecule has 0 N–H and O–H groups in total. The predicted molar refractivity (Wildman–Crippen MR) is 96.4 cm³/mol. The summed E-state index contributed by atoms with van der Waals surface area (Å²) < 4.78 is 3.46. The van der Waals surface area contributed by atoms with Gasteiger partial charge in [0.25, 0.3) is 0 Å². The van der Waals surface area contributed by atoms with Gasteiger partial charge in [0.2, 0.25) is 5.91 Å². The maximum atomic E-state index is 12.6. The van der Waals surface area contributed by atoms with Crippen LogP contribution in [-0.4, -0.2) is 55.1 Å². The van der Waals surface area contributed by atoms with Gasteiger partial charge in [-0.3, -0.25) is 14.5 Å². The second-order valence-corrected chi connectivity index (χ2v) is 6.41. The molecule has 0 aliphatic carbocycles. The molecule has 0 unspecified atom stereocenters. The van der Waals surface area contributed by atoms with Gasteiger partial charge in [-0.1, -0.05) is 0 Å². The van der Waals surface area contributed by atoms with Gasteiger partial charge in [-0.25, -0.2) is 9.67 Å². The zero-order valence-electron chi connectivity index (χ0n) is 15.0. The number of aryl methyl sites for hydroxylation is 3. The molecule has 0 aromatic carbocycles. The number of hydrogen-bond acceptors (Lipinski definition) is 6. The summed E-state index contributed by atoms with van der Waals surface area (Å²) in [6, 6.07) is 1.99. The Morgan fingerprint density at radius 1 is 1.08 bits per heavy atom. The summed E-state index contributed by atoms with van der Waals surface area (Å²) in [5, 5.41) is 8.58. The van der Waals surface area contributed by atoms with E-state index < -0.39 is 0 Å². The van der Waals surface area contributed by atoms with E-state index in [1.807, 2.05) is 38.1 Å². The van der Waals surface area contributed by atoms with E-state index in [0.29, 0.717) is 24.7 Å². The first-order valence-electron chi connectivity index (χ1n) is 8.41. The van der Waals surface area contributed by atoms with Crippen molar-refractivity contribution < 1.29 is 4.79 Å². The molecule has 1 aliphatic rings. The lowest BCUT2D eigenvalue weighted by atomic mass is 10.3. The van der Waals surface area contributed by atoms with Gasteiger partial charge in [-0.15, -0.1) is 0 Å². The number of carbonyl (C=O) groups is 1. The van der Waals surface area contributed by atoms with E-state index in [9.17, 15) is 4.79 Å². The van der Waals surface area contributed by atoms with Crippen LogP contribution in [0.4, 0.5) is 11.5 Å². The third kappa shape index (κ3) is 2.92. The average Bonchev–Trinajstić information content (AvgIpc) is 3.20. The predicted octanol–water partition coefficient (Wildman–Crippen LogP) is 0.866. The highest BCUT2D eigenvalue weighted by atomic mass is 16.2. The zero-order chi connectivity index (χ0) is 18.3. The monoisotopic (exact) mass is 352 g/mol. The van der Waals surface area contributed by atoms with Crippen LogP contribution < -0.4 is 9.80 Å². The summed E-state index contributed by atoms with van der Waals surface area (Å²) in [7, 11) is 1.84. The first-order valence-corrected chi connectivity index (χ1v) is 8.41. The summed E-state index contributed by atoms with van der Waals surface area (Å²) in [5.41, 5.74) is 2.74. The lowest BCUT2D eigenvalue weighted by molar-refractivity contribution is -0.117. The fraction of sp³-hybridized carbons (Fsp3) is 0.353. The molecular formula is C17H20N8O. The standard InChI is InChI=1S/C17H20N8O/c1-12-6-13(2)25(21-12)16-9-18-8-15(20-16)23-4-5-24(17(26)11-23)14-7-19-22(3)10-14/h6-10H,4-5,11H2,1-3H3. The molecule has 26 heavy (non-hydrogen) atoms. The van der Waals surface area contributed by atoms with Crippen LogP contribution in [0.5, 0.6) is 0 Å². The van der Waals surface area contributed by atoms with Crippen molar-refractivity contribution >= 4 is 17.4 Å². The molecule has 1 fully saturated rings. The Morgan fingerprint density at radius 3 is 2.54 bits per heavy atom. The number of amides is 1. The number of rotatable bonds is 3. The summed E-state index contributed by atoms with van der Waals surface area (Å²) >= 11 is 0. The maximum Gasteiger partial charge on any atom is 0.246 e. The highest BCUT2D eigenvalue weighted by molar-refractivity contribution is 5.97. The van der Waals surface area contributed by atoms with E-state index >= 15 is 0 Å². The number of anilines is 2. The van der Waals surface area contributed by atoms with Gasteiger partial charge in [0.05, 0.1) is 36.5 Å². The molecule has 4 rings (SSSR count). The molecule has 3 aromatic heterocycles. The van der Waals surface area contributed by atoms with Crippen molar-refractivity contribution in [2.45, 2.75) is 13.8 Å². The van der Waals surface area contributed by atoms with E-state index in [-0.39, 0.29) is 12.5 Å². The smallest absolute Gasteiger partial charge is 0.246 e. The molecule has 4 heterocycles. The van der Waals surface area contributed by atoms with Crippen LogP contribution in [0.25, 0.3) is 5.82 Å². The first-order chi connectivity index (χ1) is 12.5. The van der Waals surface area contributed by atoms with Gasteiger partial charge in [0.1, 0.15) is 5.82 Å². The zero-order valence-corrected chi connectivity index (χ0v) is 15.0. The van der Waals surface area contributed by atoms with E-state index in [4.69, 9.17) is 0 Å². The van der Waals surface area contributed by atoms with Gasteiger partial charge in [0, 0.05) is 32.0 Å². The number of carbonyl (C=O) groups excluding carboxylic acids is 1. The van der Waals surface area contributed by atoms with E-state index in [2.05, 4.69) is 20.2 Å². The van der Waals surface area contributed by atoms with Crippen molar-refractivity contribution in [2.24, 2.45) is 7.05 Å². The van der Waals surface area contributed by atoms with Crippen molar-refractivity contribution in [1.29, 1.82) is 0 Å². The molecule has 3 aromatic rings. The fourth-order valence-electron chi connectivity index (χ4n) is 3.15. The summed E-state index contributed by atoms with van der Waals surface area (Å²) in [6.07, 6.45) is 6.91. The van der Waals surface area contributed by atoms with E-state index in [1.165, 1.54) is 0 Å². The van der Waals surface area contributed by atoms with Gasteiger partial charge < -0.3 is 9.80 Å². The minimum Gasteiger partial charge on any atom is -0.344 e. The number of hydrogen-bond donors (Lipinski definition) is 0. The lowest BCUT2D eigenvalue weighted by Gasteiger charge is -2.34. The molecule has 1 saturated heterocycles. The van der Waals surface area contributed by atoms with Crippen LogP contribution in [0.1, 0.15) is 11.4 Å². The van der Waals surface area contributed by atoms with Gasteiger partial charge in [-0.05, 0) is 19.9 Å². The normalized spacial score (nSPS) is 15.0. The highest BCUT2D eigenvalue weighted by Crippen LogP contribution is 2.20. The van der Waals surface area contributed by atoms with E-state index in [1.54, 1.807) is 32.9 Å². The van der Waals surface area contributed by atoms with Crippen LogP contribution in [0.15, 0.2) is 30.9 Å². The SMILES string of the molecule is Cc1cc(C)n(-c2cncc(N3CCN(c4cnn(C)c4)C(=O)C3)n2)n1. The molecule has 0 saturated carbocycles. The average molecular weight is 352 g/mol. The Hall–Kier alpha value is -3.23. The topological polar surface area (TPSA) is 85.0 Å². The van der Waals surface area contributed by atoms with Gasteiger partial charge in [-0.2, -0.15) is 10.2 Å². The summed E-state index contributed by atoms with van der Waals surface area (Å²) in [6.45, 7) is 5.43. The van der Waals surface area contributed by atoms with Crippen LogP contribution in [0.3, 0.4) is 0 Å². The van der Waals surface area contributed by atoms with Crippen molar-refractivity contribution in [3.63, 3.8) is 0 Å². The molecule has 0 spiro atoms. The third-order valence-corrected chi connectivity index (χ3v) is 4.38. The molecule has 9 nitrogen and oxygen atoms in total. The molecule has 0 atom stereocenters. The second kappa shape index (κ2) is 6.25. The second-order valence-electron chi connectivity index (χ2n) is 6.41. The Labute approximate surface area is 150 Å². The molecule has 134 valence electrons. The molecule has 0 radical (unpaired) electrons. The van der Waals surface area contributed by atoms with E-state index in [0.717, 1.165) is 17.1 Å². The minimum absolute atomic E-state index is 0.0163. The molecule has 0 bridgehead atoms. The number of nitrogens with zero attached hydrogens (tertiary/aromatic N) is 8. The molecular weight excluding hydrogens is 332 g/mol. The maximum absolute atomic E-state index is 12.6. The first kappa shape index (κ1) is 16.2. The Kier molecular flexibility index (Phi) is 3.90. The summed E-state index contributed by atoms with van der Waals surface area (Å²) in [4.78, 5) is 25.2. The highest BCUT2D eigenvalue weighted by Gasteiger charge is 2.27. The number of aromatic nitrogens is 6. The Bertz CT molecular complexity index is 959. The van der Waals surface area contributed by atoms with Gasteiger partial charge in [0.15, 0.2) is 5.82 Å². The van der Waals surface area contributed by atoms with Crippen molar-refractivity contribution in [1.82, 2.24) is 29.5 Å². The lowest BCUT2D eigenvalue weighted by Crippen LogP contribution is -2.50. The largest absolute Gasteiger partial charge is 0.344 e. The van der Waals surface area contributed by atoms with Crippen molar-refractivity contribution in [2.75, 3.05) is 29.4 Å². The van der Waals surface area contributed by atoms with Crippen LogP contribution in [0.2, 0.25) is 0 Å². The molecule has 9 heteroatoms. The van der Waals surface area contributed by atoms with Crippen LogP contribution in [0, 0.1) is 13.8 Å². The quantitative estimate of drug-likeness (QED) is 0.695. The van der Waals surface area contributed by atoms with Crippen molar-refractivity contribution in [3.05, 3.63) is 42.2 Å². The third-order valence-electron chi connectivity index (χ3n) is 4.38. The number of piperazine rings is 1. The Morgan fingerprint density at radius 2 is 1.88 bits per heavy atom. The molecule has 1 amide bonds. The molecule has 1 aliphatic heterocycles. The minimum atomic E-state index is 0.0163. The van der Waals surface area contributed by atoms with Crippen molar-refractivity contribution in [3.8, 4) is 5.82 Å². The van der Waals surface area contributed by atoms with Crippen LogP contribution in [-0.2, 0) is 11.8 Å². The fourth-order valence-corrected chi connectivity index (χ4v) is 3.15. The van der Waals surface area contributed by atoms with Gasteiger partial charge >= 0.3 is 0 Å². The van der Waals surface area contributed by atoms with Crippen LogP contribution >= 0.6 is 0 Å².